The normalized spacial score (nSPS) is 10.9. The molecular weight excluding hydrogens is 350 g/mol. The van der Waals surface area contributed by atoms with Gasteiger partial charge in [0.1, 0.15) is 5.75 Å². The Morgan fingerprint density at radius 2 is 1.96 bits per heavy atom. The number of hydrogen-bond donors (Lipinski definition) is 1. The second kappa shape index (κ2) is 9.63. The Hall–Kier alpha value is -2.61. The van der Waals surface area contributed by atoms with Crippen molar-refractivity contribution < 1.29 is 23.1 Å². The number of para-hydroxylation sites is 1. The van der Waals surface area contributed by atoms with E-state index in [0.29, 0.717) is 11.3 Å². The number of oxime groups is 1. The molecule has 2 rings (SSSR count). The third-order valence-electron chi connectivity index (χ3n) is 2.96. The lowest BCUT2D eigenvalue weighted by Crippen LogP contribution is -2.17. The molecule has 0 fully saturated rings. The van der Waals surface area contributed by atoms with Crippen LogP contribution in [0.2, 0.25) is 0 Å². The average molecular weight is 366 g/mol. The first-order valence-corrected chi connectivity index (χ1v) is 8.44. The maximum absolute atomic E-state index is 12.0. The number of thioether (sulfide) groups is 1. The van der Waals surface area contributed by atoms with Crippen LogP contribution in [0.25, 0.3) is 0 Å². The van der Waals surface area contributed by atoms with E-state index in [1.54, 1.807) is 18.2 Å². The lowest BCUT2D eigenvalue weighted by atomic mass is 10.2. The van der Waals surface area contributed by atoms with Gasteiger partial charge >= 0.3 is 6.61 Å². The standard InChI is InChI=1S/C17H16F2N2O3S/c1-25-15-5-3-2-4-14(15)21-16(22)11-23-20-10-12-6-8-13(9-7-12)24-17(18)19/h2-10,17H,11H2,1H3,(H,21,22)/b20-10+. The maximum Gasteiger partial charge on any atom is 0.387 e. The molecule has 0 aliphatic heterocycles. The van der Waals surface area contributed by atoms with Crippen LogP contribution in [0, 0.1) is 0 Å². The highest BCUT2D eigenvalue weighted by Crippen LogP contribution is 2.24. The first-order chi connectivity index (χ1) is 12.1. The van der Waals surface area contributed by atoms with Gasteiger partial charge in [-0.1, -0.05) is 17.3 Å². The van der Waals surface area contributed by atoms with Crippen LogP contribution in [0.15, 0.2) is 58.6 Å². The Kier molecular flexibility index (Phi) is 7.21. The molecule has 0 radical (unpaired) electrons. The van der Waals surface area contributed by atoms with E-state index >= 15 is 0 Å². The zero-order chi connectivity index (χ0) is 18.1. The summed E-state index contributed by atoms with van der Waals surface area (Å²) >= 11 is 1.53. The fraction of sp³-hybridized carbons (Fsp3) is 0.176. The molecule has 0 unspecified atom stereocenters. The monoisotopic (exact) mass is 366 g/mol. The van der Waals surface area contributed by atoms with Crippen LogP contribution in [0.3, 0.4) is 0 Å². The van der Waals surface area contributed by atoms with Gasteiger partial charge < -0.3 is 14.9 Å². The van der Waals surface area contributed by atoms with Crippen LogP contribution in [0.1, 0.15) is 5.56 Å². The minimum absolute atomic E-state index is 0.0555. The largest absolute Gasteiger partial charge is 0.435 e. The second-order valence-electron chi connectivity index (χ2n) is 4.70. The molecule has 2 aromatic rings. The van der Waals surface area contributed by atoms with E-state index in [0.717, 1.165) is 4.90 Å². The van der Waals surface area contributed by atoms with Crippen molar-refractivity contribution in [3.8, 4) is 5.75 Å². The number of carbonyl (C=O) groups excluding carboxylic acids is 1. The highest BCUT2D eigenvalue weighted by molar-refractivity contribution is 7.98. The maximum atomic E-state index is 12.0. The molecule has 0 spiro atoms. The van der Waals surface area contributed by atoms with Gasteiger partial charge in [0.2, 0.25) is 0 Å². The Morgan fingerprint density at radius 1 is 1.24 bits per heavy atom. The smallest absolute Gasteiger partial charge is 0.387 e. The van der Waals surface area contributed by atoms with E-state index in [2.05, 4.69) is 15.2 Å². The van der Waals surface area contributed by atoms with Gasteiger partial charge in [0.25, 0.3) is 5.91 Å². The van der Waals surface area contributed by atoms with Crippen LogP contribution in [-0.2, 0) is 9.63 Å². The summed E-state index contributed by atoms with van der Waals surface area (Å²) in [6, 6.07) is 13.3. The van der Waals surface area contributed by atoms with Gasteiger partial charge in [0.05, 0.1) is 11.9 Å². The van der Waals surface area contributed by atoms with Gasteiger partial charge in [0, 0.05) is 4.90 Å². The average Bonchev–Trinajstić information content (AvgIpc) is 2.60. The molecule has 0 aliphatic rings. The number of nitrogens with one attached hydrogen (secondary N) is 1. The van der Waals surface area contributed by atoms with Crippen molar-refractivity contribution in [2.45, 2.75) is 11.5 Å². The van der Waals surface area contributed by atoms with E-state index in [1.165, 1.54) is 30.1 Å². The van der Waals surface area contributed by atoms with Crippen molar-refractivity contribution in [2.24, 2.45) is 5.16 Å². The Balaban J connectivity index is 1.79. The third kappa shape index (κ3) is 6.42. The zero-order valence-electron chi connectivity index (χ0n) is 13.3. The fourth-order valence-corrected chi connectivity index (χ4v) is 2.42. The van der Waals surface area contributed by atoms with E-state index in [4.69, 9.17) is 4.84 Å². The Labute approximate surface area is 148 Å². The molecule has 0 aromatic heterocycles. The predicted molar refractivity (Wildman–Crippen MR) is 93.5 cm³/mol. The summed E-state index contributed by atoms with van der Waals surface area (Å²) in [5.74, 6) is -0.278. The second-order valence-corrected chi connectivity index (χ2v) is 5.55. The van der Waals surface area contributed by atoms with Gasteiger partial charge in [-0.05, 0) is 48.2 Å². The summed E-state index contributed by atoms with van der Waals surface area (Å²) in [6.45, 7) is -3.11. The molecule has 0 heterocycles. The first kappa shape index (κ1) is 18.7. The van der Waals surface area contributed by atoms with Crippen molar-refractivity contribution in [3.63, 3.8) is 0 Å². The Bertz CT molecular complexity index is 724. The minimum Gasteiger partial charge on any atom is -0.435 e. The third-order valence-corrected chi connectivity index (χ3v) is 3.75. The van der Waals surface area contributed by atoms with E-state index in [9.17, 15) is 13.6 Å². The van der Waals surface area contributed by atoms with Crippen LogP contribution in [0.5, 0.6) is 5.75 Å². The molecule has 1 amide bonds. The molecule has 5 nitrogen and oxygen atoms in total. The number of ether oxygens (including phenoxy) is 1. The van der Waals surface area contributed by atoms with Crippen molar-refractivity contribution in [3.05, 3.63) is 54.1 Å². The van der Waals surface area contributed by atoms with Crippen LogP contribution >= 0.6 is 11.8 Å². The molecule has 132 valence electrons. The number of rotatable bonds is 8. The number of hydrogen-bond acceptors (Lipinski definition) is 5. The number of carbonyl (C=O) groups is 1. The number of halogens is 2. The quantitative estimate of drug-likeness (QED) is 0.436. The molecule has 2 aromatic carbocycles. The molecular formula is C17H16F2N2O3S. The fourth-order valence-electron chi connectivity index (χ4n) is 1.86. The number of anilines is 1. The predicted octanol–water partition coefficient (Wildman–Crippen LogP) is 4.00. The summed E-state index contributed by atoms with van der Waals surface area (Å²) in [4.78, 5) is 17.7. The molecule has 1 N–H and O–H groups in total. The first-order valence-electron chi connectivity index (χ1n) is 7.21. The van der Waals surface area contributed by atoms with Crippen LogP contribution in [-0.4, -0.2) is 31.6 Å². The van der Waals surface area contributed by atoms with Gasteiger partial charge in [0.15, 0.2) is 6.61 Å². The van der Waals surface area contributed by atoms with Gasteiger partial charge in [-0.15, -0.1) is 11.8 Å². The highest BCUT2D eigenvalue weighted by Gasteiger charge is 2.06. The molecule has 0 bridgehead atoms. The Morgan fingerprint density at radius 3 is 2.64 bits per heavy atom. The van der Waals surface area contributed by atoms with E-state index in [1.807, 2.05) is 24.5 Å². The molecule has 0 saturated carbocycles. The molecule has 8 heteroatoms. The zero-order valence-corrected chi connectivity index (χ0v) is 14.1. The minimum atomic E-state index is -2.86. The van der Waals surface area contributed by atoms with E-state index in [-0.39, 0.29) is 18.3 Å². The number of amides is 1. The molecule has 25 heavy (non-hydrogen) atoms. The summed E-state index contributed by atoms with van der Waals surface area (Å²) in [5.41, 5.74) is 1.33. The van der Waals surface area contributed by atoms with Gasteiger partial charge in [-0.3, -0.25) is 4.79 Å². The highest BCUT2D eigenvalue weighted by atomic mass is 32.2. The van der Waals surface area contributed by atoms with Crippen molar-refractivity contribution in [1.29, 1.82) is 0 Å². The van der Waals surface area contributed by atoms with Crippen LogP contribution < -0.4 is 10.1 Å². The SMILES string of the molecule is CSc1ccccc1NC(=O)CO/N=C/c1ccc(OC(F)F)cc1. The summed E-state index contributed by atoms with van der Waals surface area (Å²) in [6.07, 6.45) is 3.29. The summed E-state index contributed by atoms with van der Waals surface area (Å²) in [5, 5.41) is 6.42. The lowest BCUT2D eigenvalue weighted by molar-refractivity contribution is -0.120. The number of nitrogens with zero attached hydrogens (tertiary/aromatic N) is 1. The van der Waals surface area contributed by atoms with Crippen molar-refractivity contribution >= 4 is 29.6 Å². The van der Waals surface area contributed by atoms with E-state index < -0.39 is 6.61 Å². The summed E-state index contributed by atoms with van der Waals surface area (Å²) in [7, 11) is 0. The lowest BCUT2D eigenvalue weighted by Gasteiger charge is -2.08. The van der Waals surface area contributed by atoms with Crippen molar-refractivity contribution in [1.82, 2.24) is 0 Å². The number of alkyl halides is 2. The summed E-state index contributed by atoms with van der Waals surface area (Å²) < 4.78 is 28.3. The van der Waals surface area contributed by atoms with Crippen LogP contribution in [0.4, 0.5) is 14.5 Å². The van der Waals surface area contributed by atoms with Crippen molar-refractivity contribution in [2.75, 3.05) is 18.2 Å². The molecule has 0 saturated heterocycles. The van der Waals surface area contributed by atoms with Gasteiger partial charge in [-0.2, -0.15) is 8.78 Å². The molecule has 0 aliphatic carbocycles. The van der Waals surface area contributed by atoms with Gasteiger partial charge in [-0.25, -0.2) is 0 Å². The molecule has 0 atom stereocenters. The number of benzene rings is 2. The topological polar surface area (TPSA) is 59.9 Å².